The minimum Gasteiger partial charge on any atom is -0.467 e. The van der Waals surface area contributed by atoms with Crippen molar-refractivity contribution in [2.45, 2.75) is 17.4 Å². The molecule has 2 rings (SSSR count). The lowest BCUT2D eigenvalue weighted by Crippen LogP contribution is -2.42. The average molecular weight is 381 g/mol. The van der Waals surface area contributed by atoms with Gasteiger partial charge in [-0.1, -0.05) is 18.2 Å². The van der Waals surface area contributed by atoms with Crippen LogP contribution in [0.3, 0.4) is 0 Å². The molecule has 0 unspecified atom stereocenters. The fourth-order valence-electron chi connectivity index (χ4n) is 2.23. The van der Waals surface area contributed by atoms with E-state index in [2.05, 4.69) is 10.1 Å². The number of hydrogen-bond donors (Lipinski definition) is 1. The van der Waals surface area contributed by atoms with Crippen molar-refractivity contribution in [2.75, 3.05) is 12.9 Å². The molecular formula is C18H17F2NO4S. The van der Waals surface area contributed by atoms with Crippen molar-refractivity contribution in [1.82, 2.24) is 5.32 Å². The Bertz CT molecular complexity index is 794. The maximum atomic E-state index is 13.2. The van der Waals surface area contributed by atoms with E-state index in [0.717, 1.165) is 19.2 Å². The van der Waals surface area contributed by atoms with Crippen LogP contribution in [-0.4, -0.2) is 35.0 Å². The topological polar surface area (TPSA) is 72.5 Å². The Morgan fingerprint density at radius 2 is 1.73 bits per heavy atom. The van der Waals surface area contributed by atoms with E-state index < -0.39 is 40.4 Å². The van der Waals surface area contributed by atoms with E-state index in [4.69, 9.17) is 0 Å². The first-order valence-corrected chi connectivity index (χ1v) is 9.01. The summed E-state index contributed by atoms with van der Waals surface area (Å²) in [6.07, 6.45) is 0.0394. The Morgan fingerprint density at radius 3 is 2.31 bits per heavy atom. The Labute approximate surface area is 151 Å². The van der Waals surface area contributed by atoms with Crippen molar-refractivity contribution in [1.29, 1.82) is 0 Å². The minimum absolute atomic E-state index is 0.0394. The lowest BCUT2D eigenvalue weighted by Gasteiger charge is -2.16. The second kappa shape index (κ2) is 9.19. The van der Waals surface area contributed by atoms with Crippen LogP contribution in [0.4, 0.5) is 8.78 Å². The molecule has 0 aliphatic heterocycles. The van der Waals surface area contributed by atoms with Gasteiger partial charge in [0.15, 0.2) is 0 Å². The van der Waals surface area contributed by atoms with Gasteiger partial charge >= 0.3 is 5.97 Å². The Balaban J connectivity index is 2.06. The lowest BCUT2D eigenvalue weighted by molar-refractivity contribution is -0.142. The number of carbonyl (C=O) groups is 2. The zero-order chi connectivity index (χ0) is 19.1. The van der Waals surface area contributed by atoms with Gasteiger partial charge in [0, 0.05) is 22.3 Å². The van der Waals surface area contributed by atoms with E-state index in [0.29, 0.717) is 11.0 Å². The van der Waals surface area contributed by atoms with Crippen LogP contribution in [0, 0.1) is 11.6 Å². The van der Waals surface area contributed by atoms with Crippen LogP contribution >= 0.6 is 0 Å². The molecule has 2 atom stereocenters. The van der Waals surface area contributed by atoms with Gasteiger partial charge in [-0.3, -0.25) is 9.00 Å². The number of methoxy groups -OCH3 is 1. The average Bonchev–Trinajstić information content (AvgIpc) is 2.63. The minimum atomic E-state index is -1.37. The maximum Gasteiger partial charge on any atom is 0.328 e. The van der Waals surface area contributed by atoms with Gasteiger partial charge in [-0.2, -0.15) is 0 Å². The summed E-state index contributed by atoms with van der Waals surface area (Å²) in [5, 5.41) is 2.36. The highest BCUT2D eigenvalue weighted by atomic mass is 32.2. The molecule has 0 aliphatic carbocycles. The molecule has 0 bridgehead atoms. The predicted molar refractivity (Wildman–Crippen MR) is 92.0 cm³/mol. The standard InChI is InChI=1S/C18H17F2NO4S/c1-25-18(23)16(7-8-26(24)15-5-3-2-4-6-15)21-17(22)12-9-13(19)11-14(20)10-12/h2-6,9-11,16H,7-8H2,1H3,(H,21,22)/t16-,26+/m0/s1. The number of rotatable bonds is 7. The monoisotopic (exact) mass is 381 g/mol. The highest BCUT2D eigenvalue weighted by molar-refractivity contribution is 7.85. The van der Waals surface area contributed by atoms with Gasteiger partial charge in [0.2, 0.25) is 0 Å². The molecule has 0 aliphatic rings. The van der Waals surface area contributed by atoms with Gasteiger partial charge in [0.1, 0.15) is 17.7 Å². The molecule has 1 amide bonds. The van der Waals surface area contributed by atoms with Crippen LogP contribution in [0.2, 0.25) is 0 Å². The molecule has 2 aromatic rings. The number of amides is 1. The molecule has 0 spiro atoms. The first-order valence-electron chi connectivity index (χ1n) is 7.69. The number of hydrogen-bond acceptors (Lipinski definition) is 4. The molecule has 8 heteroatoms. The first-order chi connectivity index (χ1) is 12.4. The summed E-state index contributed by atoms with van der Waals surface area (Å²) in [6.45, 7) is 0. The summed E-state index contributed by atoms with van der Waals surface area (Å²) in [4.78, 5) is 24.6. The second-order valence-corrected chi connectivity index (χ2v) is 6.93. The molecule has 0 saturated heterocycles. The Hall–Kier alpha value is -2.61. The van der Waals surface area contributed by atoms with Gasteiger partial charge in [-0.05, 0) is 30.7 Å². The summed E-state index contributed by atoms with van der Waals surface area (Å²) < 4.78 is 43.4. The van der Waals surface area contributed by atoms with Crippen molar-refractivity contribution in [2.24, 2.45) is 0 Å². The van der Waals surface area contributed by atoms with Gasteiger partial charge in [-0.15, -0.1) is 0 Å². The molecular weight excluding hydrogens is 364 g/mol. The molecule has 0 fully saturated rings. The number of nitrogens with one attached hydrogen (secondary N) is 1. The van der Waals surface area contributed by atoms with Crippen molar-refractivity contribution in [3.8, 4) is 0 Å². The summed E-state index contributed by atoms with van der Waals surface area (Å²) in [5.74, 6) is -3.28. The number of halogens is 2. The SMILES string of the molecule is COC(=O)[C@H](CC[S@@](=O)c1ccccc1)NC(=O)c1cc(F)cc(F)c1. The fourth-order valence-corrected chi connectivity index (χ4v) is 3.38. The fraction of sp³-hybridized carbons (Fsp3) is 0.222. The summed E-state index contributed by atoms with van der Waals surface area (Å²) >= 11 is 0. The smallest absolute Gasteiger partial charge is 0.328 e. The van der Waals surface area contributed by atoms with Crippen LogP contribution in [-0.2, 0) is 20.3 Å². The highest BCUT2D eigenvalue weighted by Gasteiger charge is 2.23. The molecule has 138 valence electrons. The van der Waals surface area contributed by atoms with E-state index in [-0.39, 0.29) is 17.7 Å². The molecule has 0 aromatic heterocycles. The van der Waals surface area contributed by atoms with Crippen molar-refractivity contribution >= 4 is 22.7 Å². The number of esters is 1. The Morgan fingerprint density at radius 1 is 1.12 bits per heavy atom. The quantitative estimate of drug-likeness (QED) is 0.748. The van der Waals surface area contributed by atoms with E-state index >= 15 is 0 Å². The normalized spacial score (nSPS) is 12.9. The van der Waals surface area contributed by atoms with Crippen molar-refractivity contribution in [3.05, 3.63) is 65.7 Å². The maximum absolute atomic E-state index is 13.2. The van der Waals surface area contributed by atoms with E-state index in [1.165, 1.54) is 0 Å². The molecule has 1 N–H and O–H groups in total. The molecule has 26 heavy (non-hydrogen) atoms. The van der Waals surface area contributed by atoms with Crippen molar-refractivity contribution in [3.63, 3.8) is 0 Å². The third kappa shape index (κ3) is 5.45. The summed E-state index contributed by atoms with van der Waals surface area (Å²) in [6, 6.07) is 9.91. The van der Waals surface area contributed by atoms with Crippen LogP contribution in [0.5, 0.6) is 0 Å². The first kappa shape index (κ1) is 19.7. The van der Waals surface area contributed by atoms with Crippen LogP contribution in [0.15, 0.2) is 53.4 Å². The lowest BCUT2D eigenvalue weighted by atomic mass is 10.1. The number of ether oxygens (including phenoxy) is 1. The largest absolute Gasteiger partial charge is 0.467 e. The molecule has 5 nitrogen and oxygen atoms in total. The predicted octanol–water partition coefficient (Wildman–Crippen LogP) is 2.43. The Kier molecular flexibility index (Phi) is 6.97. The van der Waals surface area contributed by atoms with Gasteiger partial charge in [0.05, 0.1) is 17.9 Å². The summed E-state index contributed by atoms with van der Waals surface area (Å²) in [7, 11) is -0.218. The van der Waals surface area contributed by atoms with Crippen molar-refractivity contribution < 1.29 is 27.3 Å². The molecule has 0 heterocycles. The third-order valence-electron chi connectivity index (χ3n) is 3.51. The second-order valence-electron chi connectivity index (χ2n) is 5.36. The zero-order valence-corrected chi connectivity index (χ0v) is 14.7. The van der Waals surface area contributed by atoms with Gasteiger partial charge in [-0.25, -0.2) is 13.6 Å². The molecule has 0 radical (unpaired) electrons. The van der Waals surface area contributed by atoms with Gasteiger partial charge in [0.25, 0.3) is 5.91 Å². The van der Waals surface area contributed by atoms with Crippen LogP contribution in [0.25, 0.3) is 0 Å². The number of carbonyl (C=O) groups excluding carboxylic acids is 2. The third-order valence-corrected chi connectivity index (χ3v) is 4.92. The zero-order valence-electron chi connectivity index (χ0n) is 13.9. The van der Waals surface area contributed by atoms with E-state index in [1.54, 1.807) is 30.3 Å². The summed E-state index contributed by atoms with van der Waals surface area (Å²) in [5.41, 5.74) is -0.263. The van der Waals surface area contributed by atoms with Gasteiger partial charge < -0.3 is 10.1 Å². The molecule has 0 saturated carbocycles. The highest BCUT2D eigenvalue weighted by Crippen LogP contribution is 2.11. The number of benzene rings is 2. The van der Waals surface area contributed by atoms with Crippen LogP contribution < -0.4 is 5.32 Å². The van der Waals surface area contributed by atoms with Crippen LogP contribution in [0.1, 0.15) is 16.8 Å². The molecule has 2 aromatic carbocycles. The van der Waals surface area contributed by atoms with E-state index in [1.807, 2.05) is 0 Å². The van der Waals surface area contributed by atoms with E-state index in [9.17, 15) is 22.6 Å².